The lowest BCUT2D eigenvalue weighted by Gasteiger charge is -2.26. The molecule has 1 unspecified atom stereocenters. The molecule has 1 aromatic rings. The van der Waals surface area contributed by atoms with E-state index in [-0.39, 0.29) is 21.5 Å². The van der Waals surface area contributed by atoms with E-state index in [1.807, 2.05) is 0 Å². The number of aliphatic carboxylic acids is 1. The Morgan fingerprint density at radius 2 is 1.95 bits per heavy atom. The topological polar surface area (TPSA) is 66.4 Å². The second kappa shape index (κ2) is 5.22. The fourth-order valence-electron chi connectivity index (χ4n) is 1.99. The number of carboxylic acid groups (broad SMARTS) is 1. The first-order valence-corrected chi connectivity index (χ1v) is 6.71. The van der Waals surface area contributed by atoms with Crippen molar-refractivity contribution in [3.05, 3.63) is 33.6 Å². The van der Waals surface area contributed by atoms with Gasteiger partial charge in [-0.2, -0.15) is 0 Å². The lowest BCUT2D eigenvalue weighted by molar-refractivity contribution is -0.144. The van der Waals surface area contributed by atoms with Crippen molar-refractivity contribution in [3.63, 3.8) is 0 Å². The zero-order valence-corrected chi connectivity index (χ0v) is 12.1. The molecule has 2 rings (SSSR count). The summed E-state index contributed by atoms with van der Waals surface area (Å²) in [4.78, 5) is 23.4. The minimum Gasteiger partial charge on any atom is -0.480 e. The summed E-state index contributed by atoms with van der Waals surface area (Å²) in [7, 11) is 0. The summed E-state index contributed by atoms with van der Waals surface area (Å²) in [6.45, 7) is 1.44. The third-order valence-electron chi connectivity index (χ3n) is 3.47. The van der Waals surface area contributed by atoms with Gasteiger partial charge in [0.15, 0.2) is 0 Å². The molecule has 1 fully saturated rings. The largest absolute Gasteiger partial charge is 0.480 e. The lowest BCUT2D eigenvalue weighted by atomic mass is 9.95. The Kier molecular flexibility index (Phi) is 3.93. The zero-order valence-electron chi connectivity index (χ0n) is 10.5. The van der Waals surface area contributed by atoms with Gasteiger partial charge in [0.1, 0.15) is 11.4 Å². The summed E-state index contributed by atoms with van der Waals surface area (Å²) in [5.74, 6) is -2.77. The quantitative estimate of drug-likeness (QED) is 0.838. The molecule has 0 aliphatic heterocycles. The molecule has 1 atom stereocenters. The van der Waals surface area contributed by atoms with Crippen molar-refractivity contribution in [1.29, 1.82) is 0 Å². The molecule has 1 aliphatic carbocycles. The number of benzene rings is 1. The highest BCUT2D eigenvalue weighted by Crippen LogP contribution is 2.40. The number of hydrogen-bond donors (Lipinski definition) is 2. The number of rotatable bonds is 4. The standard InChI is InChI=1S/C13H12Cl2FNO3/c1-13(12(19)20,6-2-3-6)17-11(18)7-4-10(16)9(15)5-8(7)14/h4-6H,2-3H2,1H3,(H,17,18)(H,19,20). The number of halogens is 3. The van der Waals surface area contributed by atoms with Crippen LogP contribution in [0, 0.1) is 11.7 Å². The van der Waals surface area contributed by atoms with Gasteiger partial charge in [0, 0.05) is 0 Å². The Hall–Kier alpha value is -1.33. The van der Waals surface area contributed by atoms with Crippen LogP contribution in [0.15, 0.2) is 12.1 Å². The molecule has 0 spiro atoms. The first kappa shape index (κ1) is 15.1. The van der Waals surface area contributed by atoms with Gasteiger partial charge < -0.3 is 10.4 Å². The molecule has 7 heteroatoms. The molecule has 1 saturated carbocycles. The van der Waals surface area contributed by atoms with E-state index in [9.17, 15) is 19.1 Å². The van der Waals surface area contributed by atoms with Gasteiger partial charge in [-0.05, 0) is 37.8 Å². The van der Waals surface area contributed by atoms with Crippen LogP contribution in [0.5, 0.6) is 0 Å². The second-order valence-corrected chi connectivity index (χ2v) is 5.80. The van der Waals surface area contributed by atoms with Crippen molar-refractivity contribution in [1.82, 2.24) is 5.32 Å². The number of amides is 1. The van der Waals surface area contributed by atoms with Gasteiger partial charge >= 0.3 is 5.97 Å². The van der Waals surface area contributed by atoms with Gasteiger partial charge in [0.2, 0.25) is 0 Å². The molecule has 4 nitrogen and oxygen atoms in total. The van der Waals surface area contributed by atoms with E-state index in [1.165, 1.54) is 6.92 Å². The van der Waals surface area contributed by atoms with Gasteiger partial charge in [-0.1, -0.05) is 23.2 Å². The molecule has 1 aliphatic rings. The molecule has 0 heterocycles. The summed E-state index contributed by atoms with van der Waals surface area (Å²) >= 11 is 11.4. The first-order chi connectivity index (χ1) is 9.25. The highest BCUT2D eigenvalue weighted by Gasteiger charge is 2.48. The SMILES string of the molecule is CC(NC(=O)c1cc(F)c(Cl)cc1Cl)(C(=O)O)C1CC1. The zero-order chi connectivity index (χ0) is 15.1. The van der Waals surface area contributed by atoms with E-state index in [4.69, 9.17) is 23.2 Å². The Balaban J connectivity index is 2.28. The number of carboxylic acids is 1. The molecular formula is C13H12Cl2FNO3. The fraction of sp³-hybridized carbons (Fsp3) is 0.385. The van der Waals surface area contributed by atoms with Crippen LogP contribution in [0.1, 0.15) is 30.1 Å². The highest BCUT2D eigenvalue weighted by atomic mass is 35.5. The normalized spacial score (nSPS) is 17.4. The molecule has 0 bridgehead atoms. The predicted octanol–water partition coefficient (Wildman–Crippen LogP) is 3.12. The average molecular weight is 320 g/mol. The molecule has 20 heavy (non-hydrogen) atoms. The maximum atomic E-state index is 13.4. The van der Waals surface area contributed by atoms with Crippen LogP contribution < -0.4 is 5.32 Å². The Morgan fingerprint density at radius 1 is 1.35 bits per heavy atom. The maximum absolute atomic E-state index is 13.4. The smallest absolute Gasteiger partial charge is 0.329 e. The third-order valence-corrected chi connectivity index (χ3v) is 4.07. The molecule has 1 aromatic carbocycles. The average Bonchev–Trinajstić information content (AvgIpc) is 3.17. The van der Waals surface area contributed by atoms with Crippen LogP contribution in [0.25, 0.3) is 0 Å². The van der Waals surface area contributed by atoms with E-state index >= 15 is 0 Å². The van der Waals surface area contributed by atoms with Crippen molar-refractivity contribution >= 4 is 35.1 Å². The van der Waals surface area contributed by atoms with Gasteiger partial charge in [-0.3, -0.25) is 4.79 Å². The van der Waals surface area contributed by atoms with Gasteiger partial charge in [-0.15, -0.1) is 0 Å². The number of nitrogens with one attached hydrogen (secondary N) is 1. The van der Waals surface area contributed by atoms with Crippen LogP contribution in [-0.4, -0.2) is 22.5 Å². The summed E-state index contributed by atoms with van der Waals surface area (Å²) in [6, 6.07) is 2.01. The van der Waals surface area contributed by atoms with Crippen molar-refractivity contribution in [2.75, 3.05) is 0 Å². The number of carbonyl (C=O) groups is 2. The van der Waals surface area contributed by atoms with E-state index in [2.05, 4.69) is 5.32 Å². The Bertz CT molecular complexity index is 589. The van der Waals surface area contributed by atoms with Crippen LogP contribution in [-0.2, 0) is 4.79 Å². The second-order valence-electron chi connectivity index (χ2n) is 4.98. The number of carbonyl (C=O) groups excluding carboxylic acids is 1. The van der Waals surface area contributed by atoms with Crippen molar-refractivity contribution < 1.29 is 19.1 Å². The summed E-state index contributed by atoms with van der Waals surface area (Å²) in [5, 5.41) is 11.5. The Labute approximate surface area is 124 Å². The predicted molar refractivity (Wildman–Crippen MR) is 72.7 cm³/mol. The summed E-state index contributed by atoms with van der Waals surface area (Å²) in [5.41, 5.74) is -1.52. The Morgan fingerprint density at radius 3 is 2.45 bits per heavy atom. The van der Waals surface area contributed by atoms with E-state index in [0.717, 1.165) is 25.0 Å². The molecular weight excluding hydrogens is 308 g/mol. The van der Waals surface area contributed by atoms with Gasteiger partial charge in [0.25, 0.3) is 5.91 Å². The van der Waals surface area contributed by atoms with Crippen LogP contribution in [0.3, 0.4) is 0 Å². The summed E-state index contributed by atoms with van der Waals surface area (Å²) < 4.78 is 13.4. The summed E-state index contributed by atoms with van der Waals surface area (Å²) in [6.07, 6.45) is 1.46. The highest BCUT2D eigenvalue weighted by molar-refractivity contribution is 6.36. The van der Waals surface area contributed by atoms with Gasteiger partial charge in [-0.25, -0.2) is 9.18 Å². The van der Waals surface area contributed by atoms with E-state index in [1.54, 1.807) is 0 Å². The molecule has 0 saturated heterocycles. The molecule has 2 N–H and O–H groups in total. The van der Waals surface area contributed by atoms with Gasteiger partial charge in [0.05, 0.1) is 15.6 Å². The third kappa shape index (κ3) is 2.74. The first-order valence-electron chi connectivity index (χ1n) is 5.96. The van der Waals surface area contributed by atoms with Crippen molar-refractivity contribution in [3.8, 4) is 0 Å². The monoisotopic (exact) mass is 319 g/mol. The van der Waals surface area contributed by atoms with Crippen LogP contribution >= 0.6 is 23.2 Å². The van der Waals surface area contributed by atoms with E-state index < -0.39 is 23.2 Å². The van der Waals surface area contributed by atoms with Crippen LogP contribution in [0.2, 0.25) is 10.0 Å². The lowest BCUT2D eigenvalue weighted by Crippen LogP contribution is -2.54. The fourth-order valence-corrected chi connectivity index (χ4v) is 2.46. The van der Waals surface area contributed by atoms with E-state index in [0.29, 0.717) is 0 Å². The maximum Gasteiger partial charge on any atom is 0.329 e. The minimum atomic E-state index is -1.38. The minimum absolute atomic E-state index is 0.0302. The molecule has 0 radical (unpaired) electrons. The van der Waals surface area contributed by atoms with Crippen molar-refractivity contribution in [2.24, 2.45) is 5.92 Å². The molecule has 108 valence electrons. The molecule has 0 aromatic heterocycles. The van der Waals surface area contributed by atoms with Crippen LogP contribution in [0.4, 0.5) is 4.39 Å². The number of hydrogen-bond acceptors (Lipinski definition) is 2. The van der Waals surface area contributed by atoms with Crippen molar-refractivity contribution in [2.45, 2.75) is 25.3 Å². The molecule has 1 amide bonds.